The molecule has 1 aliphatic heterocycles. The highest BCUT2D eigenvalue weighted by Crippen LogP contribution is 2.38. The lowest BCUT2D eigenvalue weighted by atomic mass is 9.77. The summed E-state index contributed by atoms with van der Waals surface area (Å²) >= 11 is 0. The van der Waals surface area contributed by atoms with Crippen LogP contribution in [0.1, 0.15) is 33.3 Å². The summed E-state index contributed by atoms with van der Waals surface area (Å²) in [4.78, 5) is 19.1. The minimum absolute atomic E-state index is 0.217. The molecule has 0 saturated carbocycles. The van der Waals surface area contributed by atoms with E-state index >= 15 is 0 Å². The van der Waals surface area contributed by atoms with Gasteiger partial charge >= 0.3 is 20.9 Å². The van der Waals surface area contributed by atoms with E-state index in [2.05, 4.69) is 5.32 Å². The molecule has 0 amide bonds. The van der Waals surface area contributed by atoms with Crippen molar-refractivity contribution in [2.24, 2.45) is 0 Å². The van der Waals surface area contributed by atoms with Crippen molar-refractivity contribution in [3.8, 4) is 0 Å². The number of alkyl halides is 3. The second-order valence-electron chi connectivity index (χ2n) is 8.10. The highest BCUT2D eigenvalue weighted by molar-refractivity contribution is 7.60. The van der Waals surface area contributed by atoms with Crippen LogP contribution in [0.3, 0.4) is 0 Å². The summed E-state index contributed by atoms with van der Waals surface area (Å²) in [5.74, 6) is 0. The second kappa shape index (κ2) is 7.39. The molecule has 3 rings (SSSR count). The molecule has 2 aromatic rings. The molecule has 1 fully saturated rings. The Labute approximate surface area is 172 Å². The number of rotatable bonds is 4. The van der Waals surface area contributed by atoms with Crippen LogP contribution in [0.25, 0.3) is 0 Å². The quantitative estimate of drug-likeness (QED) is 0.495. The summed E-state index contributed by atoms with van der Waals surface area (Å²) in [6.07, 6.45) is -4.45. The predicted molar refractivity (Wildman–Crippen MR) is 109 cm³/mol. The Morgan fingerprint density at radius 3 is 1.97 bits per heavy atom. The molecule has 0 radical (unpaired) electrons. The summed E-state index contributed by atoms with van der Waals surface area (Å²) in [5, 5.41) is 2.76. The lowest BCUT2D eigenvalue weighted by Gasteiger charge is -2.32. The van der Waals surface area contributed by atoms with Crippen molar-refractivity contribution >= 4 is 36.9 Å². The summed E-state index contributed by atoms with van der Waals surface area (Å²) < 4.78 is 62.1. The molecule has 0 atom stereocenters. The summed E-state index contributed by atoms with van der Waals surface area (Å²) in [6, 6.07) is 8.41. The number of anilines is 2. The Kier molecular flexibility index (Phi) is 5.63. The normalized spacial score (nSPS) is 18.5. The van der Waals surface area contributed by atoms with Gasteiger partial charge in [-0.3, -0.25) is 4.57 Å². The third-order valence-electron chi connectivity index (χ3n) is 5.37. The van der Waals surface area contributed by atoms with E-state index in [9.17, 15) is 27.5 Å². The monoisotopic (exact) mass is 443 g/mol. The van der Waals surface area contributed by atoms with Crippen LogP contribution >= 0.6 is 7.60 Å². The first-order valence-corrected chi connectivity index (χ1v) is 10.7. The van der Waals surface area contributed by atoms with Crippen LogP contribution in [0.2, 0.25) is 0 Å². The van der Waals surface area contributed by atoms with E-state index in [-0.39, 0.29) is 5.30 Å². The third-order valence-corrected chi connectivity index (χ3v) is 6.32. The van der Waals surface area contributed by atoms with Crippen molar-refractivity contribution in [3.05, 3.63) is 48.0 Å². The molecule has 0 aromatic heterocycles. The van der Waals surface area contributed by atoms with Crippen LogP contribution in [-0.4, -0.2) is 28.1 Å². The Balaban J connectivity index is 1.99. The van der Waals surface area contributed by atoms with Gasteiger partial charge in [-0.2, -0.15) is 13.2 Å². The maximum atomic E-state index is 12.8. The van der Waals surface area contributed by atoms with Gasteiger partial charge in [0.05, 0.1) is 22.1 Å². The van der Waals surface area contributed by atoms with Gasteiger partial charge in [-0.25, -0.2) is 0 Å². The zero-order valence-electron chi connectivity index (χ0n) is 16.8. The largest absolute Gasteiger partial charge is 0.497 e. The van der Waals surface area contributed by atoms with Gasteiger partial charge in [0.1, 0.15) is 0 Å². The summed E-state index contributed by atoms with van der Waals surface area (Å²) in [5.41, 5.74) is -1.08. The van der Waals surface area contributed by atoms with Gasteiger partial charge in [0, 0.05) is 16.8 Å². The molecular weight excluding hydrogens is 421 g/mol. The second-order valence-corrected chi connectivity index (χ2v) is 9.71. The standard InChI is InChI=1S/C19H22BF3NO5P/c1-17(2)18(3,4)29-20(28-17)15-11-14(30(25,26)27)9-10-16(15)24-13-7-5-12(6-8-13)19(21,22)23/h5-11,24H,1-4H3,(H2,25,26,27). The van der Waals surface area contributed by atoms with Gasteiger partial charge in [0.25, 0.3) is 0 Å². The van der Waals surface area contributed by atoms with Gasteiger partial charge in [-0.1, -0.05) is 0 Å². The molecule has 0 unspecified atom stereocenters. The highest BCUT2D eigenvalue weighted by Gasteiger charge is 2.52. The van der Waals surface area contributed by atoms with Crippen molar-refractivity contribution in [3.63, 3.8) is 0 Å². The molecule has 30 heavy (non-hydrogen) atoms. The van der Waals surface area contributed by atoms with Crippen LogP contribution in [-0.2, 0) is 20.1 Å². The Bertz CT molecular complexity index is 973. The van der Waals surface area contributed by atoms with Gasteiger partial charge in [0.15, 0.2) is 0 Å². The lowest BCUT2D eigenvalue weighted by Crippen LogP contribution is -2.41. The lowest BCUT2D eigenvalue weighted by molar-refractivity contribution is -0.137. The molecule has 1 saturated heterocycles. The molecule has 11 heteroatoms. The molecule has 0 bridgehead atoms. The number of nitrogens with one attached hydrogen (secondary N) is 1. The van der Waals surface area contributed by atoms with Crippen molar-refractivity contribution in [1.82, 2.24) is 0 Å². The van der Waals surface area contributed by atoms with Crippen molar-refractivity contribution in [2.45, 2.75) is 45.1 Å². The van der Waals surface area contributed by atoms with E-state index in [1.807, 2.05) is 27.7 Å². The number of benzene rings is 2. The van der Waals surface area contributed by atoms with Crippen LogP contribution in [0.5, 0.6) is 0 Å². The van der Waals surface area contributed by atoms with Gasteiger partial charge in [0.2, 0.25) is 0 Å². The molecule has 6 nitrogen and oxygen atoms in total. The SMILES string of the molecule is CC1(C)OB(c2cc(P(=O)(O)O)ccc2Nc2ccc(C(F)(F)F)cc2)OC1(C)C. The van der Waals surface area contributed by atoms with E-state index in [1.54, 1.807) is 0 Å². The van der Waals surface area contributed by atoms with Crippen LogP contribution in [0, 0.1) is 0 Å². The van der Waals surface area contributed by atoms with Crippen LogP contribution < -0.4 is 16.1 Å². The molecule has 1 aliphatic rings. The van der Waals surface area contributed by atoms with E-state index in [1.165, 1.54) is 30.3 Å². The molecule has 2 aromatic carbocycles. The minimum Gasteiger partial charge on any atom is -0.399 e. The minimum atomic E-state index is -4.54. The molecule has 0 aliphatic carbocycles. The van der Waals surface area contributed by atoms with Crippen molar-refractivity contribution in [2.75, 3.05) is 5.32 Å². The highest BCUT2D eigenvalue weighted by atomic mass is 31.2. The molecular formula is C19H22BF3NO5P. The van der Waals surface area contributed by atoms with Gasteiger partial charge in [-0.05, 0) is 70.2 Å². The smallest absolute Gasteiger partial charge is 0.399 e. The molecule has 0 spiro atoms. The number of hydrogen-bond acceptors (Lipinski definition) is 4. The fourth-order valence-electron chi connectivity index (χ4n) is 2.91. The van der Waals surface area contributed by atoms with E-state index in [0.717, 1.165) is 12.1 Å². The van der Waals surface area contributed by atoms with Crippen molar-refractivity contribution < 1.29 is 36.8 Å². The maximum Gasteiger partial charge on any atom is 0.497 e. The topological polar surface area (TPSA) is 88.0 Å². The van der Waals surface area contributed by atoms with Crippen LogP contribution in [0.4, 0.5) is 24.5 Å². The first-order valence-electron chi connectivity index (χ1n) is 9.10. The average molecular weight is 443 g/mol. The Hall–Kier alpha value is -1.84. The van der Waals surface area contributed by atoms with Gasteiger partial charge < -0.3 is 24.4 Å². The van der Waals surface area contributed by atoms with E-state index in [0.29, 0.717) is 16.8 Å². The van der Waals surface area contributed by atoms with Crippen molar-refractivity contribution in [1.29, 1.82) is 0 Å². The maximum absolute atomic E-state index is 12.8. The zero-order valence-corrected chi connectivity index (χ0v) is 17.7. The number of halogens is 3. The first kappa shape index (κ1) is 22.8. The van der Waals surface area contributed by atoms with Crippen LogP contribution in [0.15, 0.2) is 42.5 Å². The van der Waals surface area contributed by atoms with Gasteiger partial charge in [-0.15, -0.1) is 0 Å². The van der Waals surface area contributed by atoms with E-state index in [4.69, 9.17) is 9.31 Å². The summed E-state index contributed by atoms with van der Waals surface area (Å²) in [7, 11) is -5.47. The fourth-order valence-corrected chi connectivity index (χ4v) is 3.48. The molecule has 162 valence electrons. The molecule has 3 N–H and O–H groups in total. The third kappa shape index (κ3) is 4.58. The summed E-state index contributed by atoms with van der Waals surface area (Å²) in [6.45, 7) is 7.34. The Morgan fingerprint density at radius 1 is 0.967 bits per heavy atom. The number of hydrogen-bond donors (Lipinski definition) is 3. The Morgan fingerprint density at radius 2 is 1.50 bits per heavy atom. The predicted octanol–water partition coefficient (Wildman–Crippen LogP) is 3.55. The van der Waals surface area contributed by atoms with E-state index < -0.39 is 37.7 Å². The first-order chi connectivity index (χ1) is 13.6. The average Bonchev–Trinajstić information content (AvgIpc) is 2.81. The zero-order chi connectivity index (χ0) is 22.5. The molecule has 1 heterocycles. The fraction of sp³-hybridized carbons (Fsp3) is 0.368.